The SMILES string of the molecule is C=C(C)c1cc(F)cs1. The predicted molar refractivity (Wildman–Crippen MR) is 39.0 cm³/mol. The Morgan fingerprint density at radius 2 is 2.44 bits per heavy atom. The van der Waals surface area contributed by atoms with Crippen LogP contribution in [0.15, 0.2) is 18.0 Å². The molecule has 0 unspecified atom stereocenters. The van der Waals surface area contributed by atoms with Gasteiger partial charge < -0.3 is 0 Å². The minimum Gasteiger partial charge on any atom is -0.206 e. The first-order valence-corrected chi connectivity index (χ1v) is 3.48. The summed E-state index contributed by atoms with van der Waals surface area (Å²) in [5.74, 6) is -0.169. The highest BCUT2D eigenvalue weighted by Crippen LogP contribution is 2.19. The highest BCUT2D eigenvalue weighted by molar-refractivity contribution is 7.11. The molecule has 0 aromatic carbocycles. The van der Waals surface area contributed by atoms with Crippen molar-refractivity contribution >= 4 is 16.9 Å². The number of rotatable bonds is 1. The molecule has 0 atom stereocenters. The molecule has 48 valence electrons. The van der Waals surface area contributed by atoms with Gasteiger partial charge in [-0.3, -0.25) is 0 Å². The maximum absolute atomic E-state index is 12.3. The monoisotopic (exact) mass is 142 g/mol. The number of hydrogen-bond donors (Lipinski definition) is 0. The van der Waals surface area contributed by atoms with Crippen LogP contribution in [0.5, 0.6) is 0 Å². The summed E-state index contributed by atoms with van der Waals surface area (Å²) in [4.78, 5) is 0.924. The highest BCUT2D eigenvalue weighted by atomic mass is 32.1. The zero-order valence-corrected chi connectivity index (χ0v) is 5.96. The molecule has 0 spiro atoms. The van der Waals surface area contributed by atoms with Gasteiger partial charge in [0.05, 0.1) is 0 Å². The number of allylic oxidation sites excluding steroid dienone is 1. The van der Waals surface area contributed by atoms with Crippen molar-refractivity contribution in [2.45, 2.75) is 6.92 Å². The van der Waals surface area contributed by atoms with E-state index in [2.05, 4.69) is 6.58 Å². The second-order valence-corrected chi connectivity index (χ2v) is 2.82. The maximum atomic E-state index is 12.3. The second kappa shape index (κ2) is 2.31. The maximum Gasteiger partial charge on any atom is 0.134 e. The summed E-state index contributed by atoms with van der Waals surface area (Å²) in [6.07, 6.45) is 0. The van der Waals surface area contributed by atoms with Crippen molar-refractivity contribution in [2.75, 3.05) is 0 Å². The van der Waals surface area contributed by atoms with Crippen LogP contribution in [-0.4, -0.2) is 0 Å². The predicted octanol–water partition coefficient (Wildman–Crippen LogP) is 2.92. The average Bonchev–Trinajstić information content (AvgIpc) is 2.14. The quantitative estimate of drug-likeness (QED) is 0.565. The van der Waals surface area contributed by atoms with Gasteiger partial charge in [0, 0.05) is 10.3 Å². The lowest BCUT2D eigenvalue weighted by Crippen LogP contribution is -1.64. The zero-order chi connectivity index (χ0) is 6.85. The van der Waals surface area contributed by atoms with Gasteiger partial charge in [0.2, 0.25) is 0 Å². The van der Waals surface area contributed by atoms with Gasteiger partial charge in [0.25, 0.3) is 0 Å². The molecule has 0 bridgehead atoms. The summed E-state index contributed by atoms with van der Waals surface area (Å²) in [6.45, 7) is 5.55. The molecule has 0 fully saturated rings. The van der Waals surface area contributed by atoms with E-state index >= 15 is 0 Å². The normalized spacial score (nSPS) is 9.56. The third kappa shape index (κ3) is 1.39. The molecular formula is C7H7FS. The van der Waals surface area contributed by atoms with Crippen LogP contribution >= 0.6 is 11.3 Å². The largest absolute Gasteiger partial charge is 0.206 e. The summed E-state index contributed by atoms with van der Waals surface area (Å²) in [5.41, 5.74) is 0.920. The molecule has 0 nitrogen and oxygen atoms in total. The first-order valence-electron chi connectivity index (χ1n) is 2.60. The van der Waals surface area contributed by atoms with E-state index in [0.717, 1.165) is 10.5 Å². The Morgan fingerprint density at radius 3 is 2.67 bits per heavy atom. The topological polar surface area (TPSA) is 0 Å². The van der Waals surface area contributed by atoms with Crippen molar-refractivity contribution in [1.29, 1.82) is 0 Å². The third-order valence-electron chi connectivity index (χ3n) is 0.988. The lowest BCUT2D eigenvalue weighted by Gasteiger charge is -1.86. The molecule has 9 heavy (non-hydrogen) atoms. The Hall–Kier alpha value is -0.630. The Bertz CT molecular complexity index is 225. The average molecular weight is 142 g/mol. The summed E-state index contributed by atoms with van der Waals surface area (Å²) in [7, 11) is 0. The standard InChI is InChI=1S/C7H7FS/c1-5(2)7-3-6(8)4-9-7/h3-4H,1H2,2H3. The van der Waals surface area contributed by atoms with Crippen LogP contribution in [0.4, 0.5) is 4.39 Å². The van der Waals surface area contributed by atoms with Crippen LogP contribution in [0, 0.1) is 5.82 Å². The molecule has 0 aliphatic carbocycles. The third-order valence-corrected chi connectivity index (χ3v) is 2.05. The lowest BCUT2D eigenvalue weighted by atomic mass is 10.3. The van der Waals surface area contributed by atoms with Gasteiger partial charge in [0.1, 0.15) is 5.82 Å². The van der Waals surface area contributed by atoms with Crippen molar-refractivity contribution < 1.29 is 4.39 Å². The van der Waals surface area contributed by atoms with Gasteiger partial charge in [0.15, 0.2) is 0 Å². The van der Waals surface area contributed by atoms with Gasteiger partial charge in [-0.05, 0) is 18.6 Å². The molecule has 1 rings (SSSR count). The van der Waals surface area contributed by atoms with E-state index in [4.69, 9.17) is 0 Å². The van der Waals surface area contributed by atoms with E-state index in [1.54, 1.807) is 0 Å². The Morgan fingerprint density at radius 1 is 1.78 bits per heavy atom. The molecule has 0 saturated carbocycles. The molecule has 0 aliphatic rings. The van der Waals surface area contributed by atoms with Crippen LogP contribution in [-0.2, 0) is 0 Å². The molecule has 0 radical (unpaired) electrons. The van der Waals surface area contributed by atoms with Crippen molar-refractivity contribution in [3.8, 4) is 0 Å². The van der Waals surface area contributed by atoms with Gasteiger partial charge in [-0.1, -0.05) is 6.58 Å². The highest BCUT2D eigenvalue weighted by Gasteiger charge is 1.96. The number of hydrogen-bond acceptors (Lipinski definition) is 1. The van der Waals surface area contributed by atoms with Crippen LogP contribution < -0.4 is 0 Å². The summed E-state index contributed by atoms with van der Waals surface area (Å²) < 4.78 is 12.3. The van der Waals surface area contributed by atoms with E-state index in [1.165, 1.54) is 22.8 Å². The Balaban J connectivity index is 2.98. The Kier molecular flexibility index (Phi) is 1.67. The first kappa shape index (κ1) is 6.49. The zero-order valence-electron chi connectivity index (χ0n) is 5.15. The summed E-state index contributed by atoms with van der Waals surface area (Å²) in [5, 5.41) is 1.48. The Labute approximate surface area is 57.6 Å². The summed E-state index contributed by atoms with van der Waals surface area (Å²) >= 11 is 1.38. The number of thiophene rings is 1. The van der Waals surface area contributed by atoms with E-state index in [0.29, 0.717) is 0 Å². The van der Waals surface area contributed by atoms with Crippen LogP contribution in [0.2, 0.25) is 0 Å². The van der Waals surface area contributed by atoms with E-state index in [-0.39, 0.29) is 5.82 Å². The minimum atomic E-state index is -0.169. The van der Waals surface area contributed by atoms with Gasteiger partial charge in [-0.2, -0.15) is 0 Å². The van der Waals surface area contributed by atoms with Crippen molar-refractivity contribution in [2.24, 2.45) is 0 Å². The second-order valence-electron chi connectivity index (χ2n) is 1.91. The fourth-order valence-corrected chi connectivity index (χ4v) is 1.23. The summed E-state index contributed by atoms with van der Waals surface area (Å²) in [6, 6.07) is 1.49. The van der Waals surface area contributed by atoms with Gasteiger partial charge in [-0.25, -0.2) is 4.39 Å². The molecule has 0 aliphatic heterocycles. The van der Waals surface area contributed by atoms with Crippen LogP contribution in [0.3, 0.4) is 0 Å². The minimum absolute atomic E-state index is 0.169. The van der Waals surface area contributed by atoms with E-state index < -0.39 is 0 Å². The molecule has 1 aromatic rings. The first-order chi connectivity index (χ1) is 4.20. The van der Waals surface area contributed by atoms with E-state index in [9.17, 15) is 4.39 Å². The molecule has 2 heteroatoms. The number of halogens is 1. The van der Waals surface area contributed by atoms with Gasteiger partial charge in [-0.15, -0.1) is 11.3 Å². The molecule has 1 aromatic heterocycles. The molecule has 0 saturated heterocycles. The fraction of sp³-hybridized carbons (Fsp3) is 0.143. The van der Waals surface area contributed by atoms with Crippen molar-refractivity contribution in [3.05, 3.63) is 28.7 Å². The molecule has 0 amide bonds. The fourth-order valence-electron chi connectivity index (χ4n) is 0.537. The van der Waals surface area contributed by atoms with Crippen LogP contribution in [0.25, 0.3) is 5.57 Å². The lowest BCUT2D eigenvalue weighted by molar-refractivity contribution is 0.633. The molecule has 1 heterocycles. The molecule has 0 N–H and O–H groups in total. The van der Waals surface area contributed by atoms with Crippen molar-refractivity contribution in [3.63, 3.8) is 0 Å². The van der Waals surface area contributed by atoms with E-state index in [1.807, 2.05) is 6.92 Å². The van der Waals surface area contributed by atoms with Crippen molar-refractivity contribution in [1.82, 2.24) is 0 Å². The smallest absolute Gasteiger partial charge is 0.134 e. The molecular weight excluding hydrogens is 135 g/mol. The van der Waals surface area contributed by atoms with Gasteiger partial charge >= 0.3 is 0 Å². The van der Waals surface area contributed by atoms with Crippen LogP contribution in [0.1, 0.15) is 11.8 Å².